The van der Waals surface area contributed by atoms with Crippen molar-refractivity contribution < 1.29 is 13.9 Å². The predicted octanol–water partition coefficient (Wildman–Crippen LogP) is 4.76. The fourth-order valence-corrected chi connectivity index (χ4v) is 4.32. The molecule has 0 N–H and O–H groups in total. The first-order valence-corrected chi connectivity index (χ1v) is 10.1. The van der Waals surface area contributed by atoms with Gasteiger partial charge in [0.15, 0.2) is 5.76 Å². The summed E-state index contributed by atoms with van der Waals surface area (Å²) in [5.41, 5.74) is 2.07. The molecule has 0 fully saturated rings. The molecule has 0 saturated heterocycles. The maximum Gasteiger partial charge on any atom is 0.263 e. The Bertz CT molecular complexity index is 1410. The monoisotopic (exact) mass is 416 g/mol. The van der Waals surface area contributed by atoms with E-state index >= 15 is 0 Å². The molecule has 30 heavy (non-hydrogen) atoms. The Labute approximate surface area is 175 Å². The first kappa shape index (κ1) is 18.3. The molecular weight excluding hydrogens is 400 g/mol. The van der Waals surface area contributed by atoms with Crippen molar-refractivity contribution in [3.63, 3.8) is 0 Å². The number of carbonyl (C=O) groups is 1. The van der Waals surface area contributed by atoms with Gasteiger partial charge in [0.2, 0.25) is 5.78 Å². The molecule has 0 aliphatic rings. The molecule has 5 rings (SSSR count). The Morgan fingerprint density at radius 1 is 1.17 bits per heavy atom. The molecule has 0 atom stereocenters. The van der Waals surface area contributed by atoms with Gasteiger partial charge >= 0.3 is 0 Å². The van der Waals surface area contributed by atoms with Gasteiger partial charge in [-0.2, -0.15) is 0 Å². The van der Waals surface area contributed by atoms with Gasteiger partial charge in [-0.3, -0.25) is 14.2 Å². The van der Waals surface area contributed by atoms with Gasteiger partial charge in [0, 0.05) is 16.3 Å². The first-order chi connectivity index (χ1) is 14.6. The van der Waals surface area contributed by atoms with E-state index in [1.165, 1.54) is 22.2 Å². The van der Waals surface area contributed by atoms with Crippen molar-refractivity contribution in [1.29, 1.82) is 0 Å². The van der Waals surface area contributed by atoms with Crippen LogP contribution >= 0.6 is 11.3 Å². The van der Waals surface area contributed by atoms with Crippen LogP contribution in [0, 0.1) is 0 Å². The number of hydrogen-bond donors (Lipinski definition) is 0. The van der Waals surface area contributed by atoms with Gasteiger partial charge in [-0.1, -0.05) is 30.3 Å². The lowest BCUT2D eigenvalue weighted by atomic mass is 10.1. The van der Waals surface area contributed by atoms with Crippen LogP contribution in [0.4, 0.5) is 0 Å². The minimum Gasteiger partial charge on any atom is -0.497 e. The standard InChI is InChI=1S/C23H16N2O4S/c1-28-16-8-6-14(7-9-16)17-12-30-22-21(17)23(27)25(13-24-22)11-18(26)20-10-15-4-2-3-5-19(15)29-20/h2-10,12-13H,11H2,1H3. The van der Waals surface area contributed by atoms with Crippen molar-refractivity contribution in [2.45, 2.75) is 6.54 Å². The third kappa shape index (κ3) is 3.09. The van der Waals surface area contributed by atoms with E-state index in [0.29, 0.717) is 15.8 Å². The lowest BCUT2D eigenvalue weighted by Crippen LogP contribution is -2.24. The zero-order valence-corrected chi connectivity index (χ0v) is 16.8. The summed E-state index contributed by atoms with van der Waals surface area (Å²) >= 11 is 1.40. The van der Waals surface area contributed by atoms with E-state index in [1.807, 2.05) is 47.8 Å². The number of fused-ring (bicyclic) bond motifs is 2. The number of ether oxygens (including phenoxy) is 1. The Hall–Kier alpha value is -3.71. The number of methoxy groups -OCH3 is 1. The molecule has 0 spiro atoms. The van der Waals surface area contributed by atoms with Crippen molar-refractivity contribution >= 4 is 38.3 Å². The van der Waals surface area contributed by atoms with Crippen molar-refractivity contribution in [2.75, 3.05) is 7.11 Å². The number of rotatable bonds is 5. The number of thiophene rings is 1. The second-order valence-corrected chi connectivity index (χ2v) is 7.67. The van der Waals surface area contributed by atoms with Crippen molar-refractivity contribution in [2.24, 2.45) is 0 Å². The van der Waals surface area contributed by atoms with E-state index < -0.39 is 0 Å². The molecule has 3 heterocycles. The molecule has 0 aliphatic heterocycles. The Morgan fingerprint density at radius 3 is 2.73 bits per heavy atom. The van der Waals surface area contributed by atoms with Gasteiger partial charge in [-0.25, -0.2) is 4.98 Å². The van der Waals surface area contributed by atoms with E-state index in [1.54, 1.807) is 19.2 Å². The van der Waals surface area contributed by atoms with Crippen molar-refractivity contribution in [1.82, 2.24) is 9.55 Å². The summed E-state index contributed by atoms with van der Waals surface area (Å²) in [4.78, 5) is 30.9. The third-order valence-electron chi connectivity index (χ3n) is 4.98. The summed E-state index contributed by atoms with van der Waals surface area (Å²) in [7, 11) is 1.61. The second kappa shape index (κ2) is 7.27. The number of ketones is 1. The van der Waals surface area contributed by atoms with Gasteiger partial charge in [0.1, 0.15) is 16.2 Å². The largest absolute Gasteiger partial charge is 0.497 e. The summed E-state index contributed by atoms with van der Waals surface area (Å²) in [6.07, 6.45) is 1.42. The van der Waals surface area contributed by atoms with E-state index in [0.717, 1.165) is 22.3 Å². The smallest absolute Gasteiger partial charge is 0.263 e. The quantitative estimate of drug-likeness (QED) is 0.386. The third-order valence-corrected chi connectivity index (χ3v) is 5.86. The predicted molar refractivity (Wildman–Crippen MR) is 116 cm³/mol. The van der Waals surface area contributed by atoms with Crippen LogP contribution in [0.15, 0.2) is 75.5 Å². The van der Waals surface area contributed by atoms with Crippen LogP contribution in [0.2, 0.25) is 0 Å². The number of furan rings is 1. The molecule has 148 valence electrons. The molecule has 0 radical (unpaired) electrons. The van der Waals surface area contributed by atoms with Gasteiger partial charge in [-0.05, 0) is 29.8 Å². The molecule has 0 bridgehead atoms. The average molecular weight is 416 g/mol. The highest BCUT2D eigenvalue weighted by Gasteiger charge is 2.17. The van der Waals surface area contributed by atoms with E-state index in [-0.39, 0.29) is 23.6 Å². The number of hydrogen-bond acceptors (Lipinski definition) is 6. The zero-order valence-electron chi connectivity index (χ0n) is 16.0. The minimum atomic E-state index is -0.282. The highest BCUT2D eigenvalue weighted by Crippen LogP contribution is 2.31. The number of carbonyl (C=O) groups excluding carboxylic acids is 1. The fourth-order valence-electron chi connectivity index (χ4n) is 3.42. The molecule has 5 aromatic rings. The van der Waals surface area contributed by atoms with Crippen molar-refractivity contribution in [3.8, 4) is 16.9 Å². The van der Waals surface area contributed by atoms with Gasteiger partial charge in [0.25, 0.3) is 5.56 Å². The Morgan fingerprint density at radius 2 is 1.97 bits per heavy atom. The maximum absolute atomic E-state index is 13.2. The Balaban J connectivity index is 1.52. The molecule has 0 amide bonds. The highest BCUT2D eigenvalue weighted by atomic mass is 32.1. The number of nitrogens with zero attached hydrogens (tertiary/aromatic N) is 2. The lowest BCUT2D eigenvalue weighted by Gasteiger charge is -2.05. The van der Waals surface area contributed by atoms with Crippen LogP contribution in [0.25, 0.3) is 32.3 Å². The summed E-state index contributed by atoms with van der Waals surface area (Å²) in [5, 5.41) is 3.26. The molecule has 7 heteroatoms. The molecule has 0 aliphatic carbocycles. The van der Waals surface area contributed by atoms with Crippen LogP contribution in [0.1, 0.15) is 10.6 Å². The first-order valence-electron chi connectivity index (χ1n) is 9.27. The summed E-state index contributed by atoms with van der Waals surface area (Å²) in [6.45, 7) is -0.139. The number of Topliss-reactive ketones (excluding diaryl/α,β-unsaturated/α-hetero) is 1. The maximum atomic E-state index is 13.2. The number of para-hydroxylation sites is 1. The topological polar surface area (TPSA) is 74.3 Å². The SMILES string of the molecule is COc1ccc(-c2csc3ncn(CC(=O)c4cc5ccccc5o4)c(=O)c23)cc1. The molecular formula is C23H16N2O4S. The second-order valence-electron chi connectivity index (χ2n) is 6.81. The van der Waals surface area contributed by atoms with Crippen LogP contribution in [0.5, 0.6) is 5.75 Å². The van der Waals surface area contributed by atoms with Gasteiger partial charge < -0.3 is 9.15 Å². The van der Waals surface area contributed by atoms with Gasteiger partial charge in [0.05, 0.1) is 25.4 Å². The summed E-state index contributed by atoms with van der Waals surface area (Å²) in [5.74, 6) is 0.685. The molecule has 6 nitrogen and oxygen atoms in total. The average Bonchev–Trinajstić information content (AvgIpc) is 3.40. The van der Waals surface area contributed by atoms with E-state index in [4.69, 9.17) is 9.15 Å². The molecule has 3 aromatic heterocycles. The van der Waals surface area contributed by atoms with Crippen LogP contribution in [-0.2, 0) is 6.54 Å². The van der Waals surface area contributed by atoms with Crippen LogP contribution < -0.4 is 10.3 Å². The normalized spacial score (nSPS) is 11.2. The van der Waals surface area contributed by atoms with Crippen LogP contribution in [0.3, 0.4) is 0 Å². The zero-order chi connectivity index (χ0) is 20.7. The number of aromatic nitrogens is 2. The fraction of sp³-hybridized carbons (Fsp3) is 0.0870. The summed E-state index contributed by atoms with van der Waals surface area (Å²) in [6, 6.07) is 16.6. The highest BCUT2D eigenvalue weighted by molar-refractivity contribution is 7.17. The number of benzene rings is 2. The minimum absolute atomic E-state index is 0.139. The van der Waals surface area contributed by atoms with Gasteiger partial charge in [-0.15, -0.1) is 11.3 Å². The van der Waals surface area contributed by atoms with Crippen LogP contribution in [-0.4, -0.2) is 22.4 Å². The Kier molecular flexibility index (Phi) is 4.44. The molecule has 0 saturated carbocycles. The van der Waals surface area contributed by atoms with E-state index in [2.05, 4.69) is 4.98 Å². The lowest BCUT2D eigenvalue weighted by molar-refractivity contribution is 0.0945. The molecule has 2 aromatic carbocycles. The molecule has 0 unspecified atom stereocenters. The van der Waals surface area contributed by atoms with Crippen molar-refractivity contribution in [3.05, 3.63) is 82.4 Å². The van der Waals surface area contributed by atoms with E-state index in [9.17, 15) is 9.59 Å². The summed E-state index contributed by atoms with van der Waals surface area (Å²) < 4.78 is 12.2.